The van der Waals surface area contributed by atoms with Gasteiger partial charge in [0.25, 0.3) is 11.8 Å². The number of carbonyl (C=O) groups is 4. The Morgan fingerprint density at radius 1 is 1.07 bits per heavy atom. The molecule has 4 aliphatic rings. The van der Waals surface area contributed by atoms with E-state index in [2.05, 4.69) is 15.9 Å². The predicted molar refractivity (Wildman–Crippen MR) is 165 cm³/mol. The summed E-state index contributed by atoms with van der Waals surface area (Å²) < 4.78 is 5.82. The van der Waals surface area contributed by atoms with E-state index in [-0.39, 0.29) is 35.7 Å². The van der Waals surface area contributed by atoms with Crippen LogP contribution in [0.1, 0.15) is 24.3 Å². The molecule has 2 aliphatic carbocycles. The molecule has 6 atom stereocenters. The first-order valence-electron chi connectivity index (χ1n) is 12.6. The van der Waals surface area contributed by atoms with Crippen molar-refractivity contribution in [1.82, 2.24) is 4.90 Å². The van der Waals surface area contributed by atoms with Gasteiger partial charge in [-0.1, -0.05) is 39.2 Å². The molecule has 3 fully saturated rings. The Morgan fingerprint density at radius 3 is 2.39 bits per heavy atom. The molecular formula is C28H21BrCl3IN2O6. The highest BCUT2D eigenvalue weighted by Gasteiger charge is 2.76. The monoisotopic (exact) mass is 792 g/mol. The number of aromatic hydroxyl groups is 1. The summed E-state index contributed by atoms with van der Waals surface area (Å²) in [5.74, 6) is -5.16. The number of halogens is 5. The average Bonchev–Trinajstić information content (AvgIpc) is 3.28. The van der Waals surface area contributed by atoms with Crippen molar-refractivity contribution in [1.29, 1.82) is 0 Å². The number of hydrogen-bond acceptors (Lipinski definition) is 6. The van der Waals surface area contributed by atoms with Gasteiger partial charge in [-0.15, -0.1) is 23.2 Å². The Bertz CT molecular complexity index is 1570. The summed E-state index contributed by atoms with van der Waals surface area (Å²) >= 11 is 25.7. The highest BCUT2D eigenvalue weighted by Crippen LogP contribution is 2.66. The maximum Gasteiger partial charge on any atom is 0.254 e. The molecule has 0 bridgehead atoms. The third-order valence-electron chi connectivity index (χ3n) is 8.70. The number of imide groups is 2. The van der Waals surface area contributed by atoms with Crippen molar-refractivity contribution >= 4 is 103 Å². The highest BCUT2D eigenvalue weighted by atomic mass is 127. The van der Waals surface area contributed by atoms with Crippen LogP contribution in [0.3, 0.4) is 0 Å². The maximum atomic E-state index is 14.0. The fraction of sp³-hybridized carbons (Fsp3) is 0.357. The third kappa shape index (κ3) is 3.89. The number of likely N-dealkylation sites (tertiary alicyclic amines) is 1. The number of benzene rings is 2. The van der Waals surface area contributed by atoms with Crippen LogP contribution in [0.4, 0.5) is 5.69 Å². The van der Waals surface area contributed by atoms with E-state index >= 15 is 0 Å². The molecule has 8 nitrogen and oxygen atoms in total. The molecule has 214 valence electrons. The number of alkyl halides is 3. The van der Waals surface area contributed by atoms with E-state index < -0.39 is 51.1 Å². The van der Waals surface area contributed by atoms with Gasteiger partial charge in [-0.25, -0.2) is 0 Å². The highest BCUT2D eigenvalue weighted by molar-refractivity contribution is 14.1. The number of carbonyl (C=O) groups excluding carboxylic acids is 4. The van der Waals surface area contributed by atoms with E-state index in [1.54, 1.807) is 36.4 Å². The summed E-state index contributed by atoms with van der Waals surface area (Å²) in [6, 6.07) is 9.65. The van der Waals surface area contributed by atoms with Gasteiger partial charge in [-0.05, 0) is 83.3 Å². The van der Waals surface area contributed by atoms with Crippen LogP contribution in [0.2, 0.25) is 5.02 Å². The van der Waals surface area contributed by atoms with Crippen LogP contribution in [-0.2, 0) is 19.2 Å². The Labute approximate surface area is 272 Å². The average molecular weight is 795 g/mol. The van der Waals surface area contributed by atoms with Gasteiger partial charge < -0.3 is 9.84 Å². The minimum atomic E-state index is -1.94. The molecule has 0 aromatic heterocycles. The number of amides is 4. The van der Waals surface area contributed by atoms with Gasteiger partial charge in [0, 0.05) is 10.9 Å². The second-order valence-corrected chi connectivity index (χ2v) is 13.9. The number of allylic oxidation sites excluding steroid dienone is 2. The number of phenols is 1. The SMILES string of the molecule is COc1cc([C@H]2C3=CC[C@@H]4C(=O)N(c5ccc(Cl)cc5)C(=O)[C@@H]4[C@@H]3C[C@@]3(Cl)C(=O)N(CBr)C(=O)[C@@]23Cl)cc(I)c1O. The van der Waals surface area contributed by atoms with Crippen LogP contribution in [-0.4, -0.2) is 55.9 Å². The number of ether oxygens (including phenoxy) is 1. The summed E-state index contributed by atoms with van der Waals surface area (Å²) in [6.45, 7) is 0. The van der Waals surface area contributed by atoms with Gasteiger partial charge >= 0.3 is 0 Å². The van der Waals surface area contributed by atoms with E-state index in [4.69, 9.17) is 39.5 Å². The fourth-order valence-corrected chi connectivity index (χ4v) is 9.06. The third-order valence-corrected chi connectivity index (χ3v) is 11.7. The van der Waals surface area contributed by atoms with Crippen LogP contribution in [0.15, 0.2) is 48.0 Å². The van der Waals surface area contributed by atoms with Crippen molar-refractivity contribution in [3.8, 4) is 11.5 Å². The van der Waals surface area contributed by atoms with Crippen molar-refractivity contribution < 1.29 is 29.0 Å². The van der Waals surface area contributed by atoms with Crippen LogP contribution in [0.25, 0.3) is 0 Å². The summed E-state index contributed by atoms with van der Waals surface area (Å²) in [6.07, 6.45) is 1.98. The summed E-state index contributed by atoms with van der Waals surface area (Å²) in [5, 5.41) is 11.0. The predicted octanol–water partition coefficient (Wildman–Crippen LogP) is 5.57. The molecule has 2 aromatic carbocycles. The molecule has 6 rings (SSSR count). The topological polar surface area (TPSA) is 104 Å². The van der Waals surface area contributed by atoms with Crippen LogP contribution in [0.5, 0.6) is 11.5 Å². The largest absolute Gasteiger partial charge is 0.504 e. The molecule has 2 aromatic rings. The van der Waals surface area contributed by atoms with Crippen molar-refractivity contribution in [2.24, 2.45) is 17.8 Å². The standard InChI is InChI=1S/C28H21BrCl3IN2O6/c1-41-19-9-12(8-18(33)22(19)36)21-15-6-7-16-20(24(38)35(23(16)37)14-4-2-13(30)3-5-14)17(15)10-27(31)25(39)34(11-29)26(40)28(21,27)32/h2-6,8-9,16-17,20-21,36H,7,10-11H2,1H3/t16-,17+,20-,21-,27+,28-/m0/s1. The van der Waals surface area contributed by atoms with Crippen LogP contribution < -0.4 is 9.64 Å². The second kappa shape index (κ2) is 10.1. The normalized spacial score (nSPS) is 32.6. The number of fused-ring (bicyclic) bond motifs is 4. The molecule has 2 heterocycles. The second-order valence-electron chi connectivity index (χ2n) is 10.5. The lowest BCUT2D eigenvalue weighted by Gasteiger charge is -2.50. The van der Waals surface area contributed by atoms with Crippen LogP contribution >= 0.6 is 73.3 Å². The lowest BCUT2D eigenvalue weighted by atomic mass is 9.56. The van der Waals surface area contributed by atoms with E-state index in [9.17, 15) is 24.3 Å². The van der Waals surface area contributed by atoms with Crippen molar-refractivity contribution in [3.63, 3.8) is 0 Å². The van der Waals surface area contributed by atoms with Gasteiger partial charge in [0.2, 0.25) is 11.8 Å². The molecule has 0 spiro atoms. The zero-order chi connectivity index (χ0) is 29.6. The minimum absolute atomic E-state index is 0.0891. The van der Waals surface area contributed by atoms with E-state index in [0.29, 0.717) is 25.4 Å². The first kappa shape index (κ1) is 29.2. The first-order valence-corrected chi connectivity index (χ1v) is 15.9. The molecule has 0 radical (unpaired) electrons. The van der Waals surface area contributed by atoms with Crippen molar-refractivity contribution in [3.05, 3.63) is 62.2 Å². The number of methoxy groups -OCH3 is 1. The molecule has 4 amide bonds. The molecule has 41 heavy (non-hydrogen) atoms. The summed E-state index contributed by atoms with van der Waals surface area (Å²) in [7, 11) is 1.40. The number of anilines is 1. The van der Waals surface area contributed by atoms with E-state index in [0.717, 1.165) is 4.90 Å². The van der Waals surface area contributed by atoms with E-state index in [1.165, 1.54) is 12.0 Å². The molecule has 1 N–H and O–H groups in total. The lowest BCUT2D eigenvalue weighted by Crippen LogP contribution is -2.60. The molecule has 2 aliphatic heterocycles. The van der Waals surface area contributed by atoms with Crippen LogP contribution in [0, 0.1) is 21.3 Å². The van der Waals surface area contributed by atoms with E-state index in [1.807, 2.05) is 28.7 Å². The zero-order valence-electron chi connectivity index (χ0n) is 21.2. The Balaban J connectivity index is 1.54. The van der Waals surface area contributed by atoms with Crippen molar-refractivity contribution in [2.75, 3.05) is 17.5 Å². The number of hydrogen-bond donors (Lipinski definition) is 1. The van der Waals surface area contributed by atoms with Gasteiger partial charge in [-0.2, -0.15) is 0 Å². The Morgan fingerprint density at radius 2 is 1.76 bits per heavy atom. The Hall–Kier alpha value is -1.86. The number of rotatable bonds is 4. The maximum absolute atomic E-state index is 14.0. The Kier molecular flexibility index (Phi) is 7.21. The van der Waals surface area contributed by atoms with Gasteiger partial charge in [0.05, 0.1) is 33.7 Å². The van der Waals surface area contributed by atoms with Gasteiger partial charge in [0.1, 0.15) is 0 Å². The lowest BCUT2D eigenvalue weighted by molar-refractivity contribution is -0.138. The first-order chi connectivity index (χ1) is 19.4. The number of nitrogens with zero attached hydrogens (tertiary/aromatic N) is 2. The molecule has 1 saturated carbocycles. The quantitative estimate of drug-likeness (QED) is 0.143. The molecular weight excluding hydrogens is 773 g/mol. The fourth-order valence-electron chi connectivity index (χ4n) is 6.89. The van der Waals surface area contributed by atoms with Crippen molar-refractivity contribution in [2.45, 2.75) is 28.5 Å². The number of phenolic OH excluding ortho intramolecular Hbond substituents is 1. The van der Waals surface area contributed by atoms with Gasteiger partial charge in [0.15, 0.2) is 21.2 Å². The smallest absolute Gasteiger partial charge is 0.254 e. The summed E-state index contributed by atoms with van der Waals surface area (Å²) in [4.78, 5) is 53.6. The van der Waals surface area contributed by atoms with Gasteiger partial charge in [-0.3, -0.25) is 29.0 Å². The minimum Gasteiger partial charge on any atom is -0.504 e. The molecule has 13 heteroatoms. The zero-order valence-corrected chi connectivity index (χ0v) is 27.3. The molecule has 2 saturated heterocycles. The summed E-state index contributed by atoms with van der Waals surface area (Å²) in [5.41, 5.74) is 1.42. The molecule has 0 unspecified atom stereocenters.